The maximum absolute atomic E-state index is 12.9. The van der Waals surface area contributed by atoms with E-state index in [-0.39, 0.29) is 11.5 Å². The molecule has 1 aromatic carbocycles. The van der Waals surface area contributed by atoms with E-state index in [9.17, 15) is 18.0 Å². The molecule has 164 valence electrons. The van der Waals surface area contributed by atoms with E-state index in [0.29, 0.717) is 44.3 Å². The Bertz CT molecular complexity index is 1010. The van der Waals surface area contributed by atoms with Gasteiger partial charge < -0.3 is 9.42 Å². The number of benzene rings is 1. The molecular formula is C21H21F3N4O2S. The number of aromatic nitrogens is 2. The molecule has 1 aliphatic rings. The number of aryl methyl sites for hydroxylation is 1. The van der Waals surface area contributed by atoms with E-state index in [1.807, 2.05) is 17.5 Å². The standard InChI is InChI=1S/C21H21F3N4O2S/c22-21(23,24)16-5-1-4-15(14-16)20(29)28-11-9-27(10-12-28)8-2-7-18-25-19(26-30-18)17-6-3-13-31-17/h1,3-6,13-14H,2,7-12H2. The van der Waals surface area contributed by atoms with Gasteiger partial charge in [-0.05, 0) is 42.6 Å². The maximum atomic E-state index is 12.9. The lowest BCUT2D eigenvalue weighted by Crippen LogP contribution is -2.48. The molecule has 0 spiro atoms. The van der Waals surface area contributed by atoms with Gasteiger partial charge in [-0.2, -0.15) is 18.2 Å². The summed E-state index contributed by atoms with van der Waals surface area (Å²) in [7, 11) is 0. The number of rotatable bonds is 6. The van der Waals surface area contributed by atoms with Gasteiger partial charge in [-0.15, -0.1) is 11.3 Å². The molecule has 1 amide bonds. The van der Waals surface area contributed by atoms with E-state index < -0.39 is 11.7 Å². The molecule has 0 radical (unpaired) electrons. The zero-order chi connectivity index (χ0) is 21.8. The fraction of sp³-hybridized carbons (Fsp3) is 0.381. The van der Waals surface area contributed by atoms with Crippen LogP contribution in [0, 0.1) is 0 Å². The van der Waals surface area contributed by atoms with Gasteiger partial charge in [0.05, 0.1) is 10.4 Å². The van der Waals surface area contributed by atoms with E-state index in [1.54, 1.807) is 16.2 Å². The molecule has 4 rings (SSSR count). The van der Waals surface area contributed by atoms with Crippen molar-refractivity contribution in [2.45, 2.75) is 19.0 Å². The summed E-state index contributed by atoms with van der Waals surface area (Å²) in [4.78, 5) is 21.8. The number of piperazine rings is 1. The average Bonchev–Trinajstić information content (AvgIpc) is 3.45. The summed E-state index contributed by atoms with van der Waals surface area (Å²) < 4.78 is 44.0. The van der Waals surface area contributed by atoms with Gasteiger partial charge in [-0.1, -0.05) is 17.3 Å². The van der Waals surface area contributed by atoms with Crippen LogP contribution in [0.4, 0.5) is 13.2 Å². The van der Waals surface area contributed by atoms with Crippen molar-refractivity contribution >= 4 is 17.2 Å². The molecule has 3 aromatic rings. The van der Waals surface area contributed by atoms with Crippen LogP contribution in [0.2, 0.25) is 0 Å². The summed E-state index contributed by atoms with van der Waals surface area (Å²) in [6.45, 7) is 3.14. The molecular weight excluding hydrogens is 429 g/mol. The Morgan fingerprint density at radius 2 is 1.94 bits per heavy atom. The van der Waals surface area contributed by atoms with E-state index in [2.05, 4.69) is 15.0 Å². The topological polar surface area (TPSA) is 62.5 Å². The molecule has 1 saturated heterocycles. The molecule has 3 heterocycles. The van der Waals surface area contributed by atoms with Crippen LogP contribution in [0.15, 0.2) is 46.3 Å². The van der Waals surface area contributed by atoms with Crippen molar-refractivity contribution in [1.29, 1.82) is 0 Å². The highest BCUT2D eigenvalue weighted by Crippen LogP contribution is 2.30. The van der Waals surface area contributed by atoms with Gasteiger partial charge in [0.25, 0.3) is 5.91 Å². The molecule has 0 aliphatic carbocycles. The number of alkyl halides is 3. The summed E-state index contributed by atoms with van der Waals surface area (Å²) in [5.74, 6) is 0.839. The molecule has 0 atom stereocenters. The first-order valence-corrected chi connectivity index (χ1v) is 10.8. The Labute approximate surface area is 181 Å². The second-order valence-electron chi connectivity index (χ2n) is 7.30. The van der Waals surface area contributed by atoms with Crippen LogP contribution < -0.4 is 0 Å². The molecule has 31 heavy (non-hydrogen) atoms. The largest absolute Gasteiger partial charge is 0.416 e. The molecule has 0 bridgehead atoms. The van der Waals surface area contributed by atoms with Crippen LogP contribution in [0.25, 0.3) is 10.7 Å². The maximum Gasteiger partial charge on any atom is 0.416 e. The zero-order valence-electron chi connectivity index (χ0n) is 16.6. The highest BCUT2D eigenvalue weighted by Gasteiger charge is 2.31. The Kier molecular flexibility index (Phi) is 6.38. The fourth-order valence-corrected chi connectivity index (χ4v) is 4.15. The van der Waals surface area contributed by atoms with Gasteiger partial charge in [0.2, 0.25) is 11.7 Å². The first-order chi connectivity index (χ1) is 14.9. The molecule has 1 fully saturated rings. The second kappa shape index (κ2) is 9.19. The van der Waals surface area contributed by atoms with Gasteiger partial charge in [-0.25, -0.2) is 0 Å². The molecule has 0 saturated carbocycles. The van der Waals surface area contributed by atoms with Crippen LogP contribution in [-0.2, 0) is 12.6 Å². The van der Waals surface area contributed by atoms with Crippen LogP contribution >= 0.6 is 11.3 Å². The van der Waals surface area contributed by atoms with Crippen LogP contribution in [0.3, 0.4) is 0 Å². The van der Waals surface area contributed by atoms with Crippen molar-refractivity contribution in [2.24, 2.45) is 0 Å². The van der Waals surface area contributed by atoms with E-state index in [1.165, 1.54) is 12.1 Å². The van der Waals surface area contributed by atoms with Crippen LogP contribution in [0.1, 0.15) is 28.2 Å². The third-order valence-electron chi connectivity index (χ3n) is 5.17. The third-order valence-corrected chi connectivity index (χ3v) is 6.04. The van der Waals surface area contributed by atoms with Crippen LogP contribution in [-0.4, -0.2) is 58.6 Å². The predicted molar refractivity (Wildman–Crippen MR) is 110 cm³/mol. The number of halogens is 3. The summed E-state index contributed by atoms with van der Waals surface area (Å²) in [6.07, 6.45) is -2.95. The van der Waals surface area contributed by atoms with E-state index in [0.717, 1.165) is 30.0 Å². The van der Waals surface area contributed by atoms with Crippen LogP contribution in [0.5, 0.6) is 0 Å². The Morgan fingerprint density at radius 1 is 1.13 bits per heavy atom. The van der Waals surface area contributed by atoms with Gasteiger partial charge >= 0.3 is 6.18 Å². The molecule has 6 nitrogen and oxygen atoms in total. The summed E-state index contributed by atoms with van der Waals surface area (Å²) in [5.41, 5.74) is -0.735. The minimum atomic E-state index is -4.46. The second-order valence-corrected chi connectivity index (χ2v) is 8.25. The minimum Gasteiger partial charge on any atom is -0.339 e. The normalized spacial score (nSPS) is 15.4. The highest BCUT2D eigenvalue weighted by atomic mass is 32.1. The molecule has 10 heteroatoms. The summed E-state index contributed by atoms with van der Waals surface area (Å²) in [5, 5.41) is 5.96. The van der Waals surface area contributed by atoms with Gasteiger partial charge in [-0.3, -0.25) is 9.69 Å². The number of carbonyl (C=O) groups excluding carboxylic acids is 1. The zero-order valence-corrected chi connectivity index (χ0v) is 17.5. The van der Waals surface area contributed by atoms with E-state index >= 15 is 0 Å². The highest BCUT2D eigenvalue weighted by molar-refractivity contribution is 7.13. The number of thiophene rings is 1. The summed E-state index contributed by atoms with van der Waals surface area (Å²) >= 11 is 1.56. The fourth-order valence-electron chi connectivity index (χ4n) is 3.50. The third kappa shape index (κ3) is 5.31. The lowest BCUT2D eigenvalue weighted by molar-refractivity contribution is -0.137. The molecule has 0 unspecified atom stereocenters. The molecule has 0 N–H and O–H groups in total. The summed E-state index contributed by atoms with van der Waals surface area (Å²) in [6, 6.07) is 8.48. The minimum absolute atomic E-state index is 0.0706. The number of amides is 1. The van der Waals surface area contributed by atoms with Gasteiger partial charge in [0.15, 0.2) is 0 Å². The smallest absolute Gasteiger partial charge is 0.339 e. The lowest BCUT2D eigenvalue weighted by atomic mass is 10.1. The predicted octanol–water partition coefficient (Wildman–Crippen LogP) is 4.21. The molecule has 2 aromatic heterocycles. The quantitative estimate of drug-likeness (QED) is 0.563. The first kappa shape index (κ1) is 21.5. The van der Waals surface area contributed by atoms with Crippen molar-refractivity contribution in [3.05, 3.63) is 58.8 Å². The Hall–Kier alpha value is -2.72. The first-order valence-electron chi connectivity index (χ1n) is 9.95. The lowest BCUT2D eigenvalue weighted by Gasteiger charge is -2.34. The van der Waals surface area contributed by atoms with Gasteiger partial charge in [0, 0.05) is 38.2 Å². The van der Waals surface area contributed by atoms with Crippen molar-refractivity contribution in [1.82, 2.24) is 19.9 Å². The van der Waals surface area contributed by atoms with Crippen molar-refractivity contribution in [3.8, 4) is 10.7 Å². The molecule has 1 aliphatic heterocycles. The van der Waals surface area contributed by atoms with Crippen molar-refractivity contribution < 1.29 is 22.5 Å². The number of hydrogen-bond donors (Lipinski definition) is 0. The number of carbonyl (C=O) groups is 1. The van der Waals surface area contributed by atoms with Crippen molar-refractivity contribution in [2.75, 3.05) is 32.7 Å². The average molecular weight is 450 g/mol. The monoisotopic (exact) mass is 450 g/mol. The SMILES string of the molecule is O=C(c1cccc(C(F)(F)F)c1)N1CCN(CCCc2nc(-c3cccs3)no2)CC1. The van der Waals surface area contributed by atoms with Gasteiger partial charge in [0.1, 0.15) is 0 Å². The Balaban J connectivity index is 1.23. The number of hydrogen-bond acceptors (Lipinski definition) is 6. The van der Waals surface area contributed by atoms with Crippen molar-refractivity contribution in [3.63, 3.8) is 0 Å². The number of nitrogens with zero attached hydrogens (tertiary/aromatic N) is 4. The van der Waals surface area contributed by atoms with E-state index in [4.69, 9.17) is 4.52 Å². The Morgan fingerprint density at radius 3 is 2.65 bits per heavy atom.